The number of amides is 1. The SMILES string of the molecule is C[C@H]1C[C@@H](C(=O)Nc2c(F)cccc2N2CCCC2)CCN1.Cl.Cl. The zero-order valence-corrected chi connectivity index (χ0v) is 15.5. The zero-order chi connectivity index (χ0) is 15.5. The van der Waals surface area contributed by atoms with E-state index in [1.807, 2.05) is 6.07 Å². The van der Waals surface area contributed by atoms with Gasteiger partial charge in [0.2, 0.25) is 5.91 Å². The molecule has 1 aromatic carbocycles. The predicted molar refractivity (Wildman–Crippen MR) is 101 cm³/mol. The lowest BCUT2D eigenvalue weighted by Gasteiger charge is -2.28. The lowest BCUT2D eigenvalue weighted by atomic mass is 9.92. The number of benzene rings is 1. The molecule has 3 rings (SSSR count). The number of anilines is 2. The van der Waals surface area contributed by atoms with Crippen LogP contribution in [-0.4, -0.2) is 31.6 Å². The van der Waals surface area contributed by atoms with E-state index in [0.29, 0.717) is 11.7 Å². The zero-order valence-electron chi connectivity index (χ0n) is 13.9. The summed E-state index contributed by atoms with van der Waals surface area (Å²) in [6.07, 6.45) is 3.86. The molecule has 0 aliphatic carbocycles. The fourth-order valence-corrected chi connectivity index (χ4v) is 3.45. The highest BCUT2D eigenvalue weighted by molar-refractivity contribution is 5.96. The van der Waals surface area contributed by atoms with Crippen molar-refractivity contribution in [3.05, 3.63) is 24.0 Å². The minimum Gasteiger partial charge on any atom is -0.370 e. The van der Waals surface area contributed by atoms with Crippen molar-refractivity contribution in [1.29, 1.82) is 0 Å². The third-order valence-electron chi connectivity index (χ3n) is 4.68. The monoisotopic (exact) mass is 377 g/mol. The number of piperidine rings is 1. The van der Waals surface area contributed by atoms with Crippen LogP contribution in [0, 0.1) is 11.7 Å². The average molecular weight is 378 g/mol. The number of hydrogen-bond donors (Lipinski definition) is 2. The number of carbonyl (C=O) groups is 1. The summed E-state index contributed by atoms with van der Waals surface area (Å²) in [5, 5.41) is 6.20. The number of hydrogen-bond acceptors (Lipinski definition) is 3. The van der Waals surface area contributed by atoms with Crippen molar-refractivity contribution < 1.29 is 9.18 Å². The van der Waals surface area contributed by atoms with Gasteiger partial charge < -0.3 is 15.5 Å². The number of nitrogens with one attached hydrogen (secondary N) is 2. The predicted octanol–water partition coefficient (Wildman–Crippen LogP) is 3.60. The van der Waals surface area contributed by atoms with Gasteiger partial charge in [0.1, 0.15) is 11.5 Å². The Bertz CT molecular complexity index is 553. The molecule has 0 aromatic heterocycles. The van der Waals surface area contributed by atoms with E-state index in [1.165, 1.54) is 6.07 Å². The highest BCUT2D eigenvalue weighted by atomic mass is 35.5. The average Bonchev–Trinajstić information content (AvgIpc) is 3.03. The third kappa shape index (κ3) is 4.74. The molecule has 2 saturated heterocycles. The minimum atomic E-state index is -0.347. The molecule has 4 nitrogen and oxygen atoms in total. The molecule has 0 radical (unpaired) electrons. The second kappa shape index (κ2) is 9.44. The summed E-state index contributed by atoms with van der Waals surface area (Å²) in [7, 11) is 0. The first-order chi connectivity index (χ1) is 10.6. The first-order valence-electron chi connectivity index (χ1n) is 8.23. The molecule has 0 spiro atoms. The Morgan fingerprint density at radius 3 is 2.67 bits per heavy atom. The Hall–Kier alpha value is -1.04. The van der Waals surface area contributed by atoms with Gasteiger partial charge in [-0.3, -0.25) is 4.79 Å². The van der Waals surface area contributed by atoms with E-state index in [4.69, 9.17) is 0 Å². The van der Waals surface area contributed by atoms with Crippen LogP contribution in [0.3, 0.4) is 0 Å². The molecule has 0 bridgehead atoms. The van der Waals surface area contributed by atoms with E-state index < -0.39 is 0 Å². The van der Waals surface area contributed by atoms with Crippen molar-refractivity contribution in [3.63, 3.8) is 0 Å². The van der Waals surface area contributed by atoms with Gasteiger partial charge in [0.15, 0.2) is 0 Å². The van der Waals surface area contributed by atoms with Crippen LogP contribution in [0.2, 0.25) is 0 Å². The number of para-hydroxylation sites is 1. The van der Waals surface area contributed by atoms with Gasteiger partial charge in [-0.1, -0.05) is 6.07 Å². The van der Waals surface area contributed by atoms with Crippen molar-refractivity contribution in [2.75, 3.05) is 29.9 Å². The molecule has 0 saturated carbocycles. The van der Waals surface area contributed by atoms with Crippen LogP contribution in [0.5, 0.6) is 0 Å². The second-order valence-corrected chi connectivity index (χ2v) is 6.39. The summed E-state index contributed by atoms with van der Waals surface area (Å²) in [6, 6.07) is 5.36. The highest BCUT2D eigenvalue weighted by Crippen LogP contribution is 2.32. The number of rotatable bonds is 3. The number of halogens is 3. The maximum atomic E-state index is 14.3. The van der Waals surface area contributed by atoms with Crippen molar-refractivity contribution in [1.82, 2.24) is 5.32 Å². The molecule has 2 fully saturated rings. The molecule has 2 aliphatic heterocycles. The van der Waals surface area contributed by atoms with Crippen molar-refractivity contribution in [2.45, 2.75) is 38.6 Å². The van der Waals surface area contributed by atoms with Gasteiger partial charge in [-0.15, -0.1) is 24.8 Å². The van der Waals surface area contributed by atoms with Crippen molar-refractivity contribution >= 4 is 42.1 Å². The Morgan fingerprint density at radius 1 is 1.29 bits per heavy atom. The van der Waals surface area contributed by atoms with Crippen LogP contribution in [-0.2, 0) is 4.79 Å². The molecule has 136 valence electrons. The van der Waals surface area contributed by atoms with Gasteiger partial charge in [-0.25, -0.2) is 4.39 Å². The van der Waals surface area contributed by atoms with Crippen molar-refractivity contribution in [3.8, 4) is 0 Å². The summed E-state index contributed by atoms with van der Waals surface area (Å²) in [5.74, 6) is -0.444. The van der Waals surface area contributed by atoms with Gasteiger partial charge in [-0.05, 0) is 51.3 Å². The van der Waals surface area contributed by atoms with Crippen LogP contribution in [0.4, 0.5) is 15.8 Å². The van der Waals surface area contributed by atoms with E-state index in [1.54, 1.807) is 6.07 Å². The smallest absolute Gasteiger partial charge is 0.227 e. The Labute approximate surface area is 155 Å². The normalized spacial score (nSPS) is 23.2. The molecule has 2 aliphatic rings. The highest BCUT2D eigenvalue weighted by Gasteiger charge is 2.27. The molecule has 7 heteroatoms. The maximum Gasteiger partial charge on any atom is 0.227 e. The number of nitrogens with zero attached hydrogens (tertiary/aromatic N) is 1. The lowest BCUT2D eigenvalue weighted by molar-refractivity contribution is -0.120. The van der Waals surface area contributed by atoms with Crippen LogP contribution >= 0.6 is 24.8 Å². The summed E-state index contributed by atoms with van der Waals surface area (Å²) in [4.78, 5) is 14.7. The second-order valence-electron chi connectivity index (χ2n) is 6.39. The number of carbonyl (C=O) groups excluding carboxylic acids is 1. The van der Waals surface area contributed by atoms with E-state index in [2.05, 4.69) is 22.5 Å². The molecular weight excluding hydrogens is 352 g/mol. The lowest BCUT2D eigenvalue weighted by Crippen LogP contribution is -2.40. The summed E-state index contributed by atoms with van der Waals surface area (Å²) >= 11 is 0. The van der Waals surface area contributed by atoms with Gasteiger partial charge in [0, 0.05) is 25.0 Å². The van der Waals surface area contributed by atoms with E-state index in [9.17, 15) is 9.18 Å². The molecule has 1 aromatic rings. The van der Waals surface area contributed by atoms with Crippen LogP contribution < -0.4 is 15.5 Å². The van der Waals surface area contributed by atoms with Crippen LogP contribution in [0.15, 0.2) is 18.2 Å². The topological polar surface area (TPSA) is 44.4 Å². The summed E-state index contributed by atoms with van der Waals surface area (Å²) in [6.45, 7) is 4.78. The maximum absolute atomic E-state index is 14.3. The molecule has 2 atom stereocenters. The standard InChI is InChI=1S/C17H24FN3O.2ClH/c1-12-11-13(7-8-19-12)17(22)20-16-14(18)5-4-6-15(16)21-9-2-3-10-21;;/h4-6,12-13,19H,2-3,7-11H2,1H3,(H,20,22);2*1H/t12-,13-;;/m0../s1. The minimum absolute atomic E-state index is 0. The Kier molecular flexibility index (Phi) is 8.27. The Balaban J connectivity index is 0.00000144. The Morgan fingerprint density at radius 2 is 2.00 bits per heavy atom. The van der Waals surface area contributed by atoms with Gasteiger partial charge in [0.25, 0.3) is 0 Å². The van der Waals surface area contributed by atoms with Crippen molar-refractivity contribution in [2.24, 2.45) is 5.92 Å². The van der Waals surface area contributed by atoms with Crippen LogP contribution in [0.1, 0.15) is 32.6 Å². The van der Waals surface area contributed by atoms with Crippen LogP contribution in [0.25, 0.3) is 0 Å². The van der Waals surface area contributed by atoms with E-state index in [0.717, 1.165) is 51.0 Å². The molecule has 24 heavy (non-hydrogen) atoms. The molecular formula is C17H26Cl2FN3O. The van der Waals surface area contributed by atoms with Gasteiger partial charge in [-0.2, -0.15) is 0 Å². The fourth-order valence-electron chi connectivity index (χ4n) is 3.45. The quantitative estimate of drug-likeness (QED) is 0.845. The molecule has 2 heterocycles. The fraction of sp³-hybridized carbons (Fsp3) is 0.588. The molecule has 0 unspecified atom stereocenters. The van der Waals surface area contributed by atoms with Gasteiger partial charge in [0.05, 0.1) is 5.69 Å². The first-order valence-corrected chi connectivity index (χ1v) is 8.23. The summed E-state index contributed by atoms with van der Waals surface area (Å²) < 4.78 is 14.3. The van der Waals surface area contributed by atoms with E-state index >= 15 is 0 Å². The largest absolute Gasteiger partial charge is 0.370 e. The van der Waals surface area contributed by atoms with E-state index in [-0.39, 0.29) is 42.5 Å². The first kappa shape index (κ1) is 21.0. The summed E-state index contributed by atoms with van der Waals surface area (Å²) in [5.41, 5.74) is 1.16. The molecule has 2 N–H and O–H groups in total. The molecule has 1 amide bonds. The third-order valence-corrected chi connectivity index (χ3v) is 4.68. The van der Waals surface area contributed by atoms with Gasteiger partial charge >= 0.3 is 0 Å².